The summed E-state index contributed by atoms with van der Waals surface area (Å²) in [5.74, 6) is -1.13. The van der Waals surface area contributed by atoms with Crippen LogP contribution in [0.1, 0.15) is 172 Å². The molecule has 2 aliphatic carbocycles. The summed E-state index contributed by atoms with van der Waals surface area (Å²) >= 11 is 0. The van der Waals surface area contributed by atoms with Gasteiger partial charge in [-0.25, -0.2) is 0 Å². The van der Waals surface area contributed by atoms with E-state index < -0.39 is 0 Å². The fraction of sp³-hybridized carbons (Fsp3) is 0.333. The summed E-state index contributed by atoms with van der Waals surface area (Å²) in [5.41, 5.74) is 17.9. The maximum absolute atomic E-state index is 14.0. The topological polar surface area (TPSA) is 116 Å². The molecule has 18 rings (SSSR count). The van der Waals surface area contributed by atoms with Gasteiger partial charge in [-0.2, -0.15) is 0 Å². The summed E-state index contributed by atoms with van der Waals surface area (Å²) < 4.78 is 0. The molecule has 10 aliphatic heterocycles. The minimum atomic E-state index is -0.282. The van der Waals surface area contributed by atoms with Gasteiger partial charge < -0.3 is 21.3 Å². The van der Waals surface area contributed by atoms with Gasteiger partial charge >= 0.3 is 0 Å². The van der Waals surface area contributed by atoms with Crippen LogP contribution in [0.25, 0.3) is 0 Å². The number of anilines is 4. The number of amides is 4. The Bertz CT molecular complexity index is 2560. The second-order valence-electron chi connectivity index (χ2n) is 20.2. The maximum Gasteiger partial charge on any atom is 0.255 e. The Labute approximate surface area is 401 Å². The van der Waals surface area contributed by atoms with Crippen LogP contribution in [0.3, 0.4) is 0 Å². The predicted octanol–water partition coefficient (Wildman–Crippen LogP) is 14.0. The van der Waals surface area contributed by atoms with Crippen LogP contribution < -0.4 is 21.3 Å². The van der Waals surface area contributed by atoms with E-state index in [1.807, 2.05) is 0 Å². The summed E-state index contributed by atoms with van der Waals surface area (Å²) in [6, 6.07) is 30.4. The number of nitrogens with one attached hydrogen (secondary N) is 4. The molecular weight excluding hydrogens is 841 g/mol. The molecule has 0 saturated heterocycles. The standard InChI is InChI=1S/C60H64N4O4/c1-35-25-47-26-36(2)51(35)59(21-11-9-12-22-59)52-37(3)27-48(28-38(52)4)62-57(67)45-19-16-20-46(34-45)58(68)64-50-31-41(7)54(42(8)32-50)60(23-13-10-14-24-60)53-39(5)29-49(30-40(53)6)63-56(66)44-18-15-17-43(33-44)55(65)61-47/h15-20,25-34H,9-14,21-24H2,1-8H3,(H,61,65)(H,62,67)(H,63,66)(H,64,68). The number of benzene rings is 6. The number of rotatable bonds is 0. The van der Waals surface area contributed by atoms with Gasteiger partial charge in [0.2, 0.25) is 0 Å². The van der Waals surface area contributed by atoms with Crippen LogP contribution in [0.4, 0.5) is 22.7 Å². The smallest absolute Gasteiger partial charge is 0.255 e. The van der Waals surface area contributed by atoms with E-state index in [-0.39, 0.29) is 34.5 Å². The van der Waals surface area contributed by atoms with Gasteiger partial charge in [-0.05, 0) is 233 Å². The lowest BCUT2D eigenvalue weighted by molar-refractivity contribution is 0.101. The molecule has 10 heterocycles. The van der Waals surface area contributed by atoms with Crippen LogP contribution in [0.15, 0.2) is 97.1 Å². The zero-order valence-electron chi connectivity index (χ0n) is 40.9. The van der Waals surface area contributed by atoms with Crippen LogP contribution >= 0.6 is 0 Å². The molecule has 12 bridgehead atoms. The highest BCUT2D eigenvalue weighted by molar-refractivity contribution is 6.10. The first-order valence-corrected chi connectivity index (χ1v) is 24.5. The number of carbonyl (C=O) groups is 4. The quantitative estimate of drug-likeness (QED) is 0.121. The molecule has 2 spiro atoms. The van der Waals surface area contributed by atoms with Gasteiger partial charge in [0, 0.05) is 55.8 Å². The van der Waals surface area contributed by atoms with E-state index in [0.717, 1.165) is 95.9 Å². The maximum atomic E-state index is 14.0. The van der Waals surface area contributed by atoms with E-state index in [1.54, 1.807) is 48.5 Å². The van der Waals surface area contributed by atoms with E-state index in [1.165, 1.54) is 35.1 Å². The van der Waals surface area contributed by atoms with Gasteiger partial charge in [-0.1, -0.05) is 50.7 Å². The number of hydrogen-bond donors (Lipinski definition) is 4. The Kier molecular flexibility index (Phi) is 12.5. The van der Waals surface area contributed by atoms with Gasteiger partial charge in [0.05, 0.1) is 0 Å². The van der Waals surface area contributed by atoms with Gasteiger partial charge in [0.25, 0.3) is 23.6 Å². The first kappa shape index (κ1) is 46.3. The molecule has 68 heavy (non-hydrogen) atoms. The average Bonchev–Trinajstić information content (AvgIpc) is 3.28. The Hall–Kier alpha value is -6.80. The first-order valence-electron chi connectivity index (χ1n) is 24.5. The van der Waals surface area contributed by atoms with Crippen LogP contribution in [0, 0.1) is 55.4 Å². The fourth-order valence-electron chi connectivity index (χ4n) is 13.1. The van der Waals surface area contributed by atoms with E-state index in [9.17, 15) is 19.2 Å². The van der Waals surface area contributed by atoms with Gasteiger partial charge in [0.1, 0.15) is 0 Å². The second-order valence-corrected chi connectivity index (χ2v) is 20.2. The molecule has 4 N–H and O–H groups in total. The Morgan fingerprint density at radius 2 is 0.515 bits per heavy atom. The average molecular weight is 905 g/mol. The lowest BCUT2D eigenvalue weighted by atomic mass is 9.61. The van der Waals surface area contributed by atoms with Crippen molar-refractivity contribution in [1.82, 2.24) is 0 Å². The first-order chi connectivity index (χ1) is 32.6. The second kappa shape index (κ2) is 18.4. The number of hydrogen-bond acceptors (Lipinski definition) is 4. The molecule has 0 radical (unpaired) electrons. The van der Waals surface area contributed by atoms with Crippen molar-refractivity contribution in [2.45, 2.75) is 130 Å². The van der Waals surface area contributed by atoms with Crippen molar-refractivity contribution < 1.29 is 19.2 Å². The molecule has 348 valence electrons. The van der Waals surface area contributed by atoms with Gasteiger partial charge in [0.15, 0.2) is 0 Å². The van der Waals surface area contributed by atoms with Crippen LogP contribution in [0.5, 0.6) is 0 Å². The van der Waals surface area contributed by atoms with Crippen molar-refractivity contribution in [2.75, 3.05) is 21.3 Å². The minimum Gasteiger partial charge on any atom is -0.322 e. The molecule has 6 aromatic rings. The summed E-state index contributed by atoms with van der Waals surface area (Å²) in [4.78, 5) is 55.9. The highest BCUT2D eigenvalue weighted by Crippen LogP contribution is 2.52. The van der Waals surface area contributed by atoms with Crippen molar-refractivity contribution >= 4 is 46.4 Å². The molecule has 2 fully saturated rings. The van der Waals surface area contributed by atoms with Crippen molar-refractivity contribution in [3.8, 4) is 0 Å². The molecular formula is C60H64N4O4. The highest BCUT2D eigenvalue weighted by Gasteiger charge is 2.42. The molecule has 0 aromatic heterocycles. The summed E-state index contributed by atoms with van der Waals surface area (Å²) in [7, 11) is 0. The third kappa shape index (κ3) is 8.54. The predicted molar refractivity (Wildman–Crippen MR) is 276 cm³/mol. The van der Waals surface area contributed by atoms with Crippen LogP contribution in [0.2, 0.25) is 0 Å². The molecule has 8 heteroatoms. The molecule has 0 atom stereocenters. The molecule has 12 aliphatic rings. The third-order valence-corrected chi connectivity index (χ3v) is 15.3. The number of carbonyl (C=O) groups excluding carboxylic acids is 4. The zero-order chi connectivity index (χ0) is 48.1. The highest BCUT2D eigenvalue weighted by atomic mass is 16.2. The molecule has 8 nitrogen and oxygen atoms in total. The van der Waals surface area contributed by atoms with Crippen molar-refractivity contribution in [2.24, 2.45) is 0 Å². The van der Waals surface area contributed by atoms with E-state index in [2.05, 4.69) is 125 Å². The van der Waals surface area contributed by atoms with E-state index in [4.69, 9.17) is 0 Å². The van der Waals surface area contributed by atoms with Crippen molar-refractivity contribution in [3.05, 3.63) is 186 Å². The molecule has 4 amide bonds. The lowest BCUT2D eigenvalue weighted by Crippen LogP contribution is -2.34. The summed E-state index contributed by atoms with van der Waals surface area (Å²) in [6.07, 6.45) is 10.7. The van der Waals surface area contributed by atoms with Crippen LogP contribution in [-0.4, -0.2) is 23.6 Å². The molecule has 6 aromatic carbocycles. The Morgan fingerprint density at radius 3 is 0.721 bits per heavy atom. The number of aryl methyl sites for hydroxylation is 8. The normalized spacial score (nSPS) is 17.1. The Morgan fingerprint density at radius 1 is 0.309 bits per heavy atom. The lowest BCUT2D eigenvalue weighted by Gasteiger charge is -2.43. The van der Waals surface area contributed by atoms with E-state index >= 15 is 0 Å². The summed E-state index contributed by atoms with van der Waals surface area (Å²) in [5, 5.41) is 12.6. The summed E-state index contributed by atoms with van der Waals surface area (Å²) in [6.45, 7) is 17.1. The van der Waals surface area contributed by atoms with Crippen molar-refractivity contribution in [3.63, 3.8) is 0 Å². The van der Waals surface area contributed by atoms with Crippen LogP contribution in [-0.2, 0) is 10.8 Å². The van der Waals surface area contributed by atoms with Gasteiger partial charge in [-0.3, -0.25) is 19.2 Å². The molecule has 0 unspecified atom stereocenters. The largest absolute Gasteiger partial charge is 0.322 e. The van der Waals surface area contributed by atoms with E-state index in [0.29, 0.717) is 45.0 Å². The Balaban J connectivity index is 1.14. The van der Waals surface area contributed by atoms with Crippen molar-refractivity contribution in [1.29, 1.82) is 0 Å². The monoisotopic (exact) mass is 904 g/mol. The fourth-order valence-corrected chi connectivity index (χ4v) is 13.1. The van der Waals surface area contributed by atoms with Gasteiger partial charge in [-0.15, -0.1) is 0 Å². The minimum absolute atomic E-state index is 0.250. The SMILES string of the molecule is Cc1cc2cc(C)c1C1(CCCCC1)c1c(C)cc(cc1C)NC(=O)c1cccc(c1)C(=O)Nc1cc(C)c(c(C)c1)C1(CCCCC1)c1c(C)cc(cc1C)NC(=O)c1cccc(c1)C(=O)N2. The molecule has 2 saturated carbocycles. The zero-order valence-corrected chi connectivity index (χ0v) is 40.9. The third-order valence-electron chi connectivity index (χ3n) is 15.3.